The first-order valence-electron chi connectivity index (χ1n) is 11.4. The minimum atomic E-state index is -4.49. The molecule has 0 aliphatic carbocycles. The van der Waals surface area contributed by atoms with E-state index in [2.05, 4.69) is 11.7 Å². The number of carboxylic acids is 1. The van der Waals surface area contributed by atoms with E-state index in [9.17, 15) is 33.6 Å². The number of aromatic nitrogens is 2. The van der Waals surface area contributed by atoms with E-state index in [4.69, 9.17) is 13.8 Å². The van der Waals surface area contributed by atoms with Gasteiger partial charge in [0, 0.05) is 11.8 Å². The second-order valence-corrected chi connectivity index (χ2v) is 10.2. The van der Waals surface area contributed by atoms with Gasteiger partial charge in [-0.2, -0.15) is 9.48 Å². The summed E-state index contributed by atoms with van der Waals surface area (Å²) < 4.78 is 45.6. The zero-order chi connectivity index (χ0) is 27.6. The Labute approximate surface area is 214 Å². The van der Waals surface area contributed by atoms with E-state index in [0.717, 1.165) is 9.95 Å². The van der Waals surface area contributed by atoms with Gasteiger partial charge in [-0.05, 0) is 18.4 Å². The quantitative estimate of drug-likeness (QED) is 0.217. The molecule has 4 N–H and O–H groups in total. The minimum absolute atomic E-state index is 0.139. The topological polar surface area (TPSA) is 169 Å². The number of aliphatic carboxylic acids is 1. The SMILES string of the molecule is C=CC(O[P@](=O)(NC(C)C(=O)O)Oc1cccc2ccccc12)[C@H]1O[C@@H](n2cc(F)c(=O)[nH]c2=O)C[C@@H]1O. The van der Waals surface area contributed by atoms with E-state index in [-0.39, 0.29) is 12.2 Å². The fourth-order valence-corrected chi connectivity index (χ4v) is 5.68. The molecule has 4 rings (SSSR count). The Kier molecular flexibility index (Phi) is 7.95. The van der Waals surface area contributed by atoms with Crippen LogP contribution in [0.25, 0.3) is 10.8 Å². The van der Waals surface area contributed by atoms with Gasteiger partial charge in [0.1, 0.15) is 30.2 Å². The number of aliphatic hydroxyl groups excluding tert-OH is 1. The Hall–Kier alpha value is -3.61. The number of benzene rings is 2. The van der Waals surface area contributed by atoms with Crippen molar-refractivity contribution in [1.82, 2.24) is 14.6 Å². The molecule has 3 aromatic rings. The standard InChI is InChI=1S/C24H25FN3O9P/c1-3-18(21-17(29)11-20(35-21)28-12-16(25)22(30)26-24(28)33)36-38(34,27-13(2)23(31)32)37-19-10-6-8-14-7-4-5-9-15(14)19/h3-10,12-13,17-18,20-21,29H,1,11H2,2H3,(H,27,34)(H,31,32)(H,26,30,33)/t13?,17-,18?,20+,21-,38+/m0/s1. The van der Waals surface area contributed by atoms with Crippen LogP contribution in [0.1, 0.15) is 19.6 Å². The normalized spacial score (nSPS) is 22.4. The number of H-pyrrole nitrogens is 1. The third-order valence-corrected chi connectivity index (χ3v) is 7.54. The first-order valence-corrected chi connectivity index (χ1v) is 13.0. The molecule has 2 heterocycles. The summed E-state index contributed by atoms with van der Waals surface area (Å²) in [6, 6.07) is 10.7. The zero-order valence-corrected chi connectivity index (χ0v) is 20.9. The molecule has 0 radical (unpaired) electrons. The molecule has 0 bridgehead atoms. The lowest BCUT2D eigenvalue weighted by atomic mass is 10.1. The second-order valence-electron chi connectivity index (χ2n) is 8.56. The van der Waals surface area contributed by atoms with Crippen LogP contribution in [0, 0.1) is 5.82 Å². The number of carboxylic acid groups (broad SMARTS) is 1. The van der Waals surface area contributed by atoms with Crippen molar-refractivity contribution in [2.75, 3.05) is 0 Å². The molecule has 1 saturated heterocycles. The second kappa shape index (κ2) is 11.0. The Balaban J connectivity index is 1.63. The summed E-state index contributed by atoms with van der Waals surface area (Å²) in [6.07, 6.45) is -3.53. The van der Waals surface area contributed by atoms with Crippen LogP contribution in [-0.2, 0) is 18.6 Å². The van der Waals surface area contributed by atoms with E-state index in [0.29, 0.717) is 11.6 Å². The fraction of sp³-hybridized carbons (Fsp3) is 0.292. The Morgan fingerprint density at radius 3 is 2.74 bits per heavy atom. The van der Waals surface area contributed by atoms with Crippen molar-refractivity contribution in [1.29, 1.82) is 0 Å². The number of nitrogens with zero attached hydrogens (tertiary/aromatic N) is 1. The monoisotopic (exact) mass is 549 g/mol. The third kappa shape index (κ3) is 5.77. The summed E-state index contributed by atoms with van der Waals surface area (Å²) in [5.74, 6) is -2.43. The molecule has 1 aliphatic rings. The molecule has 0 spiro atoms. The van der Waals surface area contributed by atoms with Crippen molar-refractivity contribution in [2.24, 2.45) is 0 Å². The van der Waals surface area contributed by atoms with Gasteiger partial charge in [0.05, 0.1) is 12.3 Å². The summed E-state index contributed by atoms with van der Waals surface area (Å²) in [5.41, 5.74) is -2.17. The predicted molar refractivity (Wildman–Crippen MR) is 133 cm³/mol. The molecule has 0 saturated carbocycles. The molecule has 38 heavy (non-hydrogen) atoms. The molecule has 2 unspecified atom stereocenters. The van der Waals surface area contributed by atoms with Gasteiger partial charge in [-0.15, -0.1) is 6.58 Å². The van der Waals surface area contributed by atoms with Crippen molar-refractivity contribution < 1.29 is 37.7 Å². The number of hydrogen-bond donors (Lipinski definition) is 4. The maximum atomic E-state index is 13.9. The molecule has 202 valence electrons. The highest BCUT2D eigenvalue weighted by atomic mass is 31.2. The van der Waals surface area contributed by atoms with Gasteiger partial charge in [0.15, 0.2) is 0 Å². The maximum Gasteiger partial charge on any atom is 0.460 e. The average Bonchev–Trinajstić information content (AvgIpc) is 3.26. The number of rotatable bonds is 10. The molecule has 14 heteroatoms. The molecule has 1 aromatic heterocycles. The average molecular weight is 549 g/mol. The number of fused-ring (bicyclic) bond motifs is 1. The van der Waals surface area contributed by atoms with E-state index >= 15 is 0 Å². The van der Waals surface area contributed by atoms with Crippen LogP contribution in [0.15, 0.2) is 70.9 Å². The summed E-state index contributed by atoms with van der Waals surface area (Å²) in [5, 5.41) is 23.7. The molecular weight excluding hydrogens is 524 g/mol. The van der Waals surface area contributed by atoms with E-state index in [1.165, 1.54) is 19.1 Å². The molecule has 1 fully saturated rings. The zero-order valence-electron chi connectivity index (χ0n) is 20.0. The summed E-state index contributed by atoms with van der Waals surface area (Å²) in [7, 11) is -4.49. The van der Waals surface area contributed by atoms with Gasteiger partial charge in [-0.25, -0.2) is 9.36 Å². The summed E-state index contributed by atoms with van der Waals surface area (Å²) in [6.45, 7) is 4.86. The van der Waals surface area contributed by atoms with Gasteiger partial charge in [0.2, 0.25) is 5.82 Å². The van der Waals surface area contributed by atoms with Crippen molar-refractivity contribution >= 4 is 24.5 Å². The van der Waals surface area contributed by atoms with Crippen LogP contribution in [-0.4, -0.2) is 50.1 Å². The summed E-state index contributed by atoms with van der Waals surface area (Å²) in [4.78, 5) is 36.8. The van der Waals surface area contributed by atoms with Crippen LogP contribution < -0.4 is 20.9 Å². The molecular formula is C24H25FN3O9P. The van der Waals surface area contributed by atoms with Crippen molar-refractivity contribution in [2.45, 2.75) is 43.9 Å². The number of halogens is 1. The van der Waals surface area contributed by atoms with Crippen LogP contribution in [0.3, 0.4) is 0 Å². The number of carbonyl (C=O) groups is 1. The van der Waals surface area contributed by atoms with Crippen molar-refractivity contribution in [3.8, 4) is 5.75 Å². The van der Waals surface area contributed by atoms with E-state index in [1.807, 2.05) is 0 Å². The lowest BCUT2D eigenvalue weighted by Gasteiger charge is -2.29. The Morgan fingerprint density at radius 2 is 2.03 bits per heavy atom. The van der Waals surface area contributed by atoms with Gasteiger partial charge in [-0.3, -0.25) is 23.7 Å². The largest absolute Gasteiger partial charge is 0.480 e. The van der Waals surface area contributed by atoms with Crippen LogP contribution >= 0.6 is 7.75 Å². The lowest BCUT2D eigenvalue weighted by molar-refractivity contribution is -0.138. The highest BCUT2D eigenvalue weighted by Gasteiger charge is 2.44. The number of aromatic amines is 1. The fourth-order valence-electron chi connectivity index (χ4n) is 3.99. The number of ether oxygens (including phenoxy) is 1. The lowest BCUT2D eigenvalue weighted by Crippen LogP contribution is -2.39. The van der Waals surface area contributed by atoms with Gasteiger partial charge < -0.3 is 19.5 Å². The third-order valence-electron chi connectivity index (χ3n) is 5.88. The van der Waals surface area contributed by atoms with Crippen LogP contribution in [0.4, 0.5) is 4.39 Å². The molecule has 1 aliphatic heterocycles. The Morgan fingerprint density at radius 1 is 1.32 bits per heavy atom. The van der Waals surface area contributed by atoms with Gasteiger partial charge >= 0.3 is 19.4 Å². The van der Waals surface area contributed by atoms with E-state index < -0.39 is 61.4 Å². The molecule has 2 aromatic carbocycles. The summed E-state index contributed by atoms with van der Waals surface area (Å²) >= 11 is 0. The predicted octanol–water partition coefficient (Wildman–Crippen LogP) is 2.30. The number of hydrogen-bond acceptors (Lipinski definition) is 8. The highest BCUT2D eigenvalue weighted by molar-refractivity contribution is 7.52. The maximum absolute atomic E-state index is 13.9. The Bertz CT molecular complexity index is 1520. The van der Waals surface area contributed by atoms with Crippen molar-refractivity contribution in [3.63, 3.8) is 0 Å². The number of nitrogens with one attached hydrogen (secondary N) is 2. The first kappa shape index (κ1) is 27.4. The minimum Gasteiger partial charge on any atom is -0.480 e. The molecule has 0 amide bonds. The van der Waals surface area contributed by atoms with Crippen molar-refractivity contribution in [3.05, 3.63) is 88.0 Å². The molecule has 12 nitrogen and oxygen atoms in total. The van der Waals surface area contributed by atoms with Crippen LogP contribution in [0.5, 0.6) is 5.75 Å². The van der Waals surface area contributed by atoms with Gasteiger partial charge in [0.25, 0.3) is 5.56 Å². The first-order chi connectivity index (χ1) is 18.0. The molecule has 6 atom stereocenters. The van der Waals surface area contributed by atoms with E-state index in [1.54, 1.807) is 41.4 Å². The number of aliphatic hydroxyl groups is 1. The van der Waals surface area contributed by atoms with Gasteiger partial charge in [-0.1, -0.05) is 42.5 Å². The smallest absolute Gasteiger partial charge is 0.460 e. The van der Waals surface area contributed by atoms with Crippen LogP contribution in [0.2, 0.25) is 0 Å². The highest BCUT2D eigenvalue weighted by Crippen LogP contribution is 2.49.